The molecule has 4 heteroatoms. The minimum atomic E-state index is -0.186. The highest BCUT2D eigenvalue weighted by molar-refractivity contribution is 5.16. The summed E-state index contributed by atoms with van der Waals surface area (Å²) < 4.78 is 13.0. The topological polar surface area (TPSA) is 37.8 Å². The first-order valence-electron chi connectivity index (χ1n) is 5.99. The van der Waals surface area contributed by atoms with Crippen LogP contribution in [0.5, 0.6) is 0 Å². The predicted molar refractivity (Wildman–Crippen MR) is 68.6 cm³/mol. The lowest BCUT2D eigenvalue weighted by molar-refractivity contribution is 0.560. The molecule has 2 rings (SSSR count). The molecule has 0 amide bonds. The molecule has 1 heterocycles. The van der Waals surface area contributed by atoms with Crippen LogP contribution in [0.1, 0.15) is 24.2 Å². The molecule has 0 aliphatic heterocycles. The van der Waals surface area contributed by atoms with E-state index >= 15 is 0 Å². The first-order valence-corrected chi connectivity index (χ1v) is 5.99. The van der Waals surface area contributed by atoms with E-state index in [-0.39, 0.29) is 11.9 Å². The van der Waals surface area contributed by atoms with Crippen molar-refractivity contribution >= 4 is 0 Å². The Hall–Kier alpha value is -1.81. The molecular formula is C14H16FN3. The minimum absolute atomic E-state index is 0.146. The van der Waals surface area contributed by atoms with E-state index in [1.807, 2.05) is 13.0 Å². The smallest absolute Gasteiger partial charge is 0.123 e. The minimum Gasteiger partial charge on any atom is -0.308 e. The maximum atomic E-state index is 13.0. The fraction of sp³-hybridized carbons (Fsp3) is 0.286. The van der Waals surface area contributed by atoms with Crippen LogP contribution in [0, 0.1) is 5.82 Å². The molecular weight excluding hydrogens is 229 g/mol. The number of rotatable bonds is 5. The second kappa shape index (κ2) is 6.21. The summed E-state index contributed by atoms with van der Waals surface area (Å²) in [6.45, 7) is 2.82. The Morgan fingerprint density at radius 3 is 2.94 bits per heavy atom. The molecule has 0 aliphatic rings. The van der Waals surface area contributed by atoms with E-state index in [0.29, 0.717) is 0 Å². The molecule has 0 saturated heterocycles. The van der Waals surface area contributed by atoms with Gasteiger partial charge >= 0.3 is 0 Å². The lowest BCUT2D eigenvalue weighted by atomic mass is 10.1. The molecule has 0 fully saturated rings. The summed E-state index contributed by atoms with van der Waals surface area (Å²) in [7, 11) is 0. The van der Waals surface area contributed by atoms with Crippen LogP contribution >= 0.6 is 0 Å². The molecule has 3 nitrogen and oxygen atoms in total. The van der Waals surface area contributed by atoms with E-state index < -0.39 is 0 Å². The van der Waals surface area contributed by atoms with Gasteiger partial charge < -0.3 is 5.32 Å². The Morgan fingerprint density at radius 1 is 1.33 bits per heavy atom. The van der Waals surface area contributed by atoms with Crippen molar-refractivity contribution in [2.75, 3.05) is 6.54 Å². The number of aromatic nitrogens is 2. The Morgan fingerprint density at radius 2 is 2.22 bits per heavy atom. The maximum Gasteiger partial charge on any atom is 0.123 e. The van der Waals surface area contributed by atoms with Crippen LogP contribution in [0.4, 0.5) is 4.39 Å². The molecule has 0 saturated carbocycles. The molecule has 1 aromatic heterocycles. The van der Waals surface area contributed by atoms with Gasteiger partial charge in [0.2, 0.25) is 0 Å². The lowest BCUT2D eigenvalue weighted by Gasteiger charge is -2.12. The van der Waals surface area contributed by atoms with Crippen molar-refractivity contribution in [1.29, 1.82) is 0 Å². The molecule has 0 spiro atoms. The molecule has 1 unspecified atom stereocenters. The van der Waals surface area contributed by atoms with E-state index in [1.54, 1.807) is 30.7 Å². The number of nitrogens with zero attached hydrogens (tertiary/aromatic N) is 2. The molecule has 1 N–H and O–H groups in total. The molecule has 18 heavy (non-hydrogen) atoms. The zero-order valence-electron chi connectivity index (χ0n) is 10.3. The first kappa shape index (κ1) is 12.6. The normalized spacial score (nSPS) is 12.3. The second-order valence-corrected chi connectivity index (χ2v) is 4.19. The Labute approximate surface area is 106 Å². The van der Waals surface area contributed by atoms with Gasteiger partial charge in [-0.15, -0.1) is 0 Å². The van der Waals surface area contributed by atoms with Crippen molar-refractivity contribution in [2.24, 2.45) is 0 Å². The number of hydrogen-bond donors (Lipinski definition) is 1. The molecule has 0 aliphatic carbocycles. The summed E-state index contributed by atoms with van der Waals surface area (Å²) in [5, 5.41) is 3.34. The van der Waals surface area contributed by atoms with Gasteiger partial charge in [-0.3, -0.25) is 9.97 Å². The highest BCUT2D eigenvalue weighted by atomic mass is 19.1. The Bertz CT molecular complexity index is 487. The number of benzene rings is 1. The fourth-order valence-electron chi connectivity index (χ4n) is 1.76. The van der Waals surface area contributed by atoms with Gasteiger partial charge in [0.05, 0.1) is 5.69 Å². The third kappa shape index (κ3) is 3.60. The van der Waals surface area contributed by atoms with Crippen molar-refractivity contribution in [3.05, 3.63) is 59.9 Å². The van der Waals surface area contributed by atoms with Crippen molar-refractivity contribution in [2.45, 2.75) is 19.4 Å². The van der Waals surface area contributed by atoms with Gasteiger partial charge in [-0.25, -0.2) is 4.39 Å². The number of halogens is 1. The van der Waals surface area contributed by atoms with Gasteiger partial charge in [0.25, 0.3) is 0 Å². The summed E-state index contributed by atoms with van der Waals surface area (Å²) in [5.74, 6) is -0.186. The van der Waals surface area contributed by atoms with Crippen molar-refractivity contribution in [1.82, 2.24) is 15.3 Å². The predicted octanol–water partition coefficient (Wildman–Crippen LogP) is 2.51. The van der Waals surface area contributed by atoms with Crippen molar-refractivity contribution < 1.29 is 4.39 Å². The summed E-state index contributed by atoms with van der Waals surface area (Å²) in [6.07, 6.45) is 5.88. The van der Waals surface area contributed by atoms with Gasteiger partial charge in [-0.2, -0.15) is 0 Å². The van der Waals surface area contributed by atoms with Gasteiger partial charge in [0, 0.05) is 24.6 Å². The summed E-state index contributed by atoms with van der Waals surface area (Å²) in [5.41, 5.74) is 1.91. The van der Waals surface area contributed by atoms with Crippen LogP contribution < -0.4 is 5.32 Å². The van der Waals surface area contributed by atoms with E-state index in [1.165, 1.54) is 6.07 Å². The summed E-state index contributed by atoms with van der Waals surface area (Å²) in [4.78, 5) is 8.26. The average Bonchev–Trinajstić information content (AvgIpc) is 2.40. The monoisotopic (exact) mass is 245 g/mol. The average molecular weight is 245 g/mol. The highest BCUT2D eigenvalue weighted by Gasteiger charge is 2.05. The lowest BCUT2D eigenvalue weighted by Crippen LogP contribution is -2.22. The zero-order valence-corrected chi connectivity index (χ0v) is 10.3. The van der Waals surface area contributed by atoms with Gasteiger partial charge in [0.15, 0.2) is 0 Å². The fourth-order valence-corrected chi connectivity index (χ4v) is 1.76. The molecule has 1 atom stereocenters. The van der Waals surface area contributed by atoms with Crippen LogP contribution in [0.25, 0.3) is 0 Å². The number of hydrogen-bond acceptors (Lipinski definition) is 3. The van der Waals surface area contributed by atoms with Gasteiger partial charge in [-0.1, -0.05) is 12.1 Å². The molecule has 0 bridgehead atoms. The molecule has 0 radical (unpaired) electrons. The summed E-state index contributed by atoms with van der Waals surface area (Å²) in [6, 6.07) is 6.83. The van der Waals surface area contributed by atoms with Crippen LogP contribution in [0.15, 0.2) is 42.9 Å². The quantitative estimate of drug-likeness (QED) is 0.879. The van der Waals surface area contributed by atoms with E-state index in [4.69, 9.17) is 0 Å². The van der Waals surface area contributed by atoms with Crippen LogP contribution in [-0.4, -0.2) is 16.5 Å². The second-order valence-electron chi connectivity index (χ2n) is 4.19. The maximum absolute atomic E-state index is 13.0. The first-order chi connectivity index (χ1) is 8.75. The van der Waals surface area contributed by atoms with Crippen LogP contribution in [0.3, 0.4) is 0 Å². The number of nitrogens with one attached hydrogen (secondary N) is 1. The molecule has 1 aromatic carbocycles. The van der Waals surface area contributed by atoms with Gasteiger partial charge in [0.1, 0.15) is 5.82 Å². The van der Waals surface area contributed by atoms with Crippen molar-refractivity contribution in [3.8, 4) is 0 Å². The van der Waals surface area contributed by atoms with Crippen molar-refractivity contribution in [3.63, 3.8) is 0 Å². The van der Waals surface area contributed by atoms with Gasteiger partial charge in [-0.05, 0) is 37.6 Å². The SMILES string of the molecule is CC(NCCc1cccc(F)c1)c1cnccn1. The van der Waals surface area contributed by atoms with E-state index in [0.717, 1.165) is 24.2 Å². The standard InChI is InChI=1S/C14H16FN3/c1-11(14-10-16-7-8-18-14)17-6-5-12-3-2-4-13(15)9-12/h2-4,7-11,17H,5-6H2,1H3. The molecule has 94 valence electrons. The van der Waals surface area contributed by atoms with Crippen LogP contribution in [0.2, 0.25) is 0 Å². The highest BCUT2D eigenvalue weighted by Crippen LogP contribution is 2.07. The Kier molecular flexibility index (Phi) is 4.36. The van der Waals surface area contributed by atoms with Crippen LogP contribution in [-0.2, 0) is 6.42 Å². The van der Waals surface area contributed by atoms with E-state index in [2.05, 4.69) is 15.3 Å². The summed E-state index contributed by atoms with van der Waals surface area (Å²) >= 11 is 0. The van der Waals surface area contributed by atoms with E-state index in [9.17, 15) is 4.39 Å². The Balaban J connectivity index is 1.82. The third-order valence-electron chi connectivity index (χ3n) is 2.78. The largest absolute Gasteiger partial charge is 0.308 e. The molecule has 2 aromatic rings. The third-order valence-corrected chi connectivity index (χ3v) is 2.78. The zero-order chi connectivity index (χ0) is 12.8.